The fraction of sp³-hybridized carbons (Fsp3) is 0.462. The summed E-state index contributed by atoms with van der Waals surface area (Å²) >= 11 is 6.04. The van der Waals surface area contributed by atoms with Crippen LogP contribution in [0, 0.1) is 0 Å². The van der Waals surface area contributed by atoms with Crippen molar-refractivity contribution in [2.24, 2.45) is 0 Å². The van der Waals surface area contributed by atoms with E-state index >= 15 is 0 Å². The molecule has 3 nitrogen and oxygen atoms in total. The number of ether oxygens (including phenoxy) is 1. The Hall–Kier alpha value is -1.06. The van der Waals surface area contributed by atoms with Gasteiger partial charge in [-0.2, -0.15) is 0 Å². The zero-order chi connectivity index (χ0) is 12.3. The van der Waals surface area contributed by atoms with Gasteiger partial charge in [-0.25, -0.2) is 0 Å². The number of rotatable bonds is 3. The van der Waals surface area contributed by atoms with E-state index in [4.69, 9.17) is 16.3 Å². The molecule has 4 heteroatoms. The highest BCUT2D eigenvalue weighted by atomic mass is 35.5. The lowest BCUT2D eigenvalue weighted by atomic mass is 10.1. The molecule has 1 aliphatic heterocycles. The van der Waals surface area contributed by atoms with Crippen molar-refractivity contribution in [1.29, 1.82) is 0 Å². The third-order valence-electron chi connectivity index (χ3n) is 3.10. The maximum atomic E-state index is 12.3. The number of nitrogens with zero attached hydrogens (tertiary/aromatic N) is 1. The summed E-state index contributed by atoms with van der Waals surface area (Å²) in [6, 6.07) is 7.36. The Morgan fingerprint density at radius 3 is 3.00 bits per heavy atom. The number of amides is 1. The molecule has 1 amide bonds. The zero-order valence-corrected chi connectivity index (χ0v) is 10.6. The summed E-state index contributed by atoms with van der Waals surface area (Å²) in [6.45, 7) is 1.38. The molecule has 2 rings (SSSR count). The highest BCUT2D eigenvalue weighted by Crippen LogP contribution is 2.23. The summed E-state index contributed by atoms with van der Waals surface area (Å²) in [4.78, 5) is 14.2. The second kappa shape index (κ2) is 5.52. The van der Waals surface area contributed by atoms with Crippen molar-refractivity contribution in [2.75, 3.05) is 20.3 Å². The van der Waals surface area contributed by atoms with Gasteiger partial charge in [-0.3, -0.25) is 4.79 Å². The van der Waals surface area contributed by atoms with Gasteiger partial charge in [0.2, 0.25) is 0 Å². The maximum absolute atomic E-state index is 12.3. The second-order valence-corrected chi connectivity index (χ2v) is 4.64. The minimum Gasteiger partial charge on any atom is -0.383 e. The highest BCUT2D eigenvalue weighted by molar-refractivity contribution is 6.33. The van der Waals surface area contributed by atoms with Crippen LogP contribution in [0.4, 0.5) is 0 Å². The molecule has 1 aliphatic rings. The molecule has 0 N–H and O–H groups in total. The third kappa shape index (κ3) is 2.61. The Balaban J connectivity index is 2.17. The summed E-state index contributed by atoms with van der Waals surface area (Å²) in [6.07, 6.45) is 2.04. The minimum atomic E-state index is 0.00940. The Labute approximate surface area is 106 Å². The molecule has 0 aromatic heterocycles. The Bertz CT molecular complexity index is 408. The van der Waals surface area contributed by atoms with Crippen LogP contribution < -0.4 is 0 Å². The number of carbonyl (C=O) groups excluding carboxylic acids is 1. The molecule has 1 heterocycles. The topological polar surface area (TPSA) is 29.5 Å². The van der Waals surface area contributed by atoms with Crippen molar-refractivity contribution < 1.29 is 9.53 Å². The Morgan fingerprint density at radius 1 is 1.53 bits per heavy atom. The molecule has 1 aromatic carbocycles. The van der Waals surface area contributed by atoms with Gasteiger partial charge in [0.25, 0.3) is 5.91 Å². The molecule has 0 radical (unpaired) electrons. The van der Waals surface area contributed by atoms with Crippen LogP contribution >= 0.6 is 11.6 Å². The number of hydrogen-bond acceptors (Lipinski definition) is 2. The molecule has 1 aromatic rings. The van der Waals surface area contributed by atoms with E-state index in [2.05, 4.69) is 0 Å². The van der Waals surface area contributed by atoms with Gasteiger partial charge in [-0.15, -0.1) is 0 Å². The van der Waals surface area contributed by atoms with Crippen LogP contribution in [0.15, 0.2) is 24.3 Å². The molecule has 17 heavy (non-hydrogen) atoms. The molecule has 1 fully saturated rings. The Morgan fingerprint density at radius 2 is 2.29 bits per heavy atom. The van der Waals surface area contributed by atoms with E-state index in [0.29, 0.717) is 17.2 Å². The fourth-order valence-corrected chi connectivity index (χ4v) is 2.47. The highest BCUT2D eigenvalue weighted by Gasteiger charge is 2.29. The minimum absolute atomic E-state index is 0.00940. The van der Waals surface area contributed by atoms with Crippen LogP contribution in [0.2, 0.25) is 5.02 Å². The van der Waals surface area contributed by atoms with Crippen molar-refractivity contribution in [3.05, 3.63) is 34.9 Å². The summed E-state index contributed by atoms with van der Waals surface area (Å²) in [5.41, 5.74) is 0.581. The van der Waals surface area contributed by atoms with E-state index in [0.717, 1.165) is 19.4 Å². The van der Waals surface area contributed by atoms with E-state index in [1.807, 2.05) is 17.0 Å². The zero-order valence-electron chi connectivity index (χ0n) is 9.86. The number of likely N-dealkylation sites (tertiary alicyclic amines) is 1. The van der Waals surface area contributed by atoms with E-state index in [1.54, 1.807) is 19.2 Å². The lowest BCUT2D eigenvalue weighted by molar-refractivity contribution is 0.0631. The van der Waals surface area contributed by atoms with Crippen LogP contribution in [0.1, 0.15) is 23.2 Å². The monoisotopic (exact) mass is 253 g/mol. The first kappa shape index (κ1) is 12.4. The number of halogens is 1. The number of methoxy groups -OCH3 is 1. The molecule has 92 valence electrons. The van der Waals surface area contributed by atoms with Gasteiger partial charge < -0.3 is 9.64 Å². The van der Waals surface area contributed by atoms with E-state index in [1.165, 1.54) is 0 Å². The first-order valence-corrected chi connectivity index (χ1v) is 6.16. The van der Waals surface area contributed by atoms with E-state index in [9.17, 15) is 4.79 Å². The molecular weight excluding hydrogens is 238 g/mol. The van der Waals surface area contributed by atoms with Crippen molar-refractivity contribution >= 4 is 17.5 Å². The molecule has 1 unspecified atom stereocenters. The molecule has 1 saturated heterocycles. The van der Waals surface area contributed by atoms with Gasteiger partial charge in [-0.05, 0) is 25.0 Å². The lowest BCUT2D eigenvalue weighted by Gasteiger charge is -2.24. The molecular formula is C13H16ClNO2. The maximum Gasteiger partial charge on any atom is 0.255 e. The first-order chi connectivity index (χ1) is 8.24. The van der Waals surface area contributed by atoms with Gasteiger partial charge in [0.1, 0.15) is 0 Å². The van der Waals surface area contributed by atoms with Gasteiger partial charge in [0.05, 0.1) is 23.2 Å². The first-order valence-electron chi connectivity index (χ1n) is 5.78. The van der Waals surface area contributed by atoms with Crippen LogP contribution in [0.5, 0.6) is 0 Å². The summed E-state index contributed by atoms with van der Waals surface area (Å²) in [5.74, 6) is 0.00940. The molecule has 0 aliphatic carbocycles. The SMILES string of the molecule is COCC1CCCN1C(=O)c1ccccc1Cl. The predicted molar refractivity (Wildman–Crippen MR) is 67.4 cm³/mol. The predicted octanol–water partition coefficient (Wildman–Crippen LogP) is 2.59. The second-order valence-electron chi connectivity index (χ2n) is 4.23. The number of benzene rings is 1. The normalized spacial score (nSPS) is 19.6. The molecule has 0 saturated carbocycles. The average Bonchev–Trinajstić information content (AvgIpc) is 2.78. The molecule has 0 spiro atoms. The molecule has 1 atom stereocenters. The van der Waals surface area contributed by atoms with Gasteiger partial charge in [0.15, 0.2) is 0 Å². The van der Waals surface area contributed by atoms with Crippen molar-refractivity contribution in [3.8, 4) is 0 Å². The van der Waals surface area contributed by atoms with Crippen molar-refractivity contribution in [2.45, 2.75) is 18.9 Å². The fourth-order valence-electron chi connectivity index (χ4n) is 2.26. The van der Waals surface area contributed by atoms with Crippen molar-refractivity contribution in [3.63, 3.8) is 0 Å². The average molecular weight is 254 g/mol. The standard InChI is InChI=1S/C13H16ClNO2/c1-17-9-10-5-4-8-15(10)13(16)11-6-2-3-7-12(11)14/h2-3,6-7,10H,4-5,8-9H2,1H3. The van der Waals surface area contributed by atoms with Gasteiger partial charge in [0, 0.05) is 13.7 Å². The summed E-state index contributed by atoms with van der Waals surface area (Å²) in [7, 11) is 1.66. The van der Waals surface area contributed by atoms with Gasteiger partial charge >= 0.3 is 0 Å². The third-order valence-corrected chi connectivity index (χ3v) is 3.43. The van der Waals surface area contributed by atoms with Crippen LogP contribution in [-0.2, 0) is 4.74 Å². The van der Waals surface area contributed by atoms with Gasteiger partial charge in [-0.1, -0.05) is 23.7 Å². The summed E-state index contributed by atoms with van der Waals surface area (Å²) < 4.78 is 5.15. The summed E-state index contributed by atoms with van der Waals surface area (Å²) in [5, 5.41) is 0.514. The Kier molecular flexibility index (Phi) is 4.02. The van der Waals surface area contributed by atoms with E-state index in [-0.39, 0.29) is 11.9 Å². The quantitative estimate of drug-likeness (QED) is 0.829. The lowest BCUT2D eigenvalue weighted by Crippen LogP contribution is -2.38. The van der Waals surface area contributed by atoms with E-state index < -0.39 is 0 Å². The number of carbonyl (C=O) groups is 1. The van der Waals surface area contributed by atoms with Crippen LogP contribution in [-0.4, -0.2) is 37.1 Å². The number of hydrogen-bond donors (Lipinski definition) is 0. The smallest absolute Gasteiger partial charge is 0.255 e. The van der Waals surface area contributed by atoms with Crippen LogP contribution in [0.3, 0.4) is 0 Å². The largest absolute Gasteiger partial charge is 0.383 e. The van der Waals surface area contributed by atoms with Crippen LogP contribution in [0.25, 0.3) is 0 Å². The molecule has 0 bridgehead atoms. The van der Waals surface area contributed by atoms with Crippen molar-refractivity contribution in [1.82, 2.24) is 4.90 Å².